The summed E-state index contributed by atoms with van der Waals surface area (Å²) in [6.07, 6.45) is 5.29. The molecule has 10 heteroatoms. The van der Waals surface area contributed by atoms with Crippen molar-refractivity contribution < 1.29 is 28.7 Å². The molecule has 0 saturated heterocycles. The molecule has 6 N–H and O–H groups in total. The van der Waals surface area contributed by atoms with Gasteiger partial charge in [0, 0.05) is 12.8 Å². The first-order chi connectivity index (χ1) is 16.5. The molecule has 0 aliphatic rings. The molecule has 0 atom stereocenters. The van der Waals surface area contributed by atoms with Gasteiger partial charge in [0.15, 0.2) is 0 Å². The van der Waals surface area contributed by atoms with E-state index in [-0.39, 0.29) is 35.5 Å². The van der Waals surface area contributed by atoms with Crippen molar-refractivity contribution in [3.05, 3.63) is 59.7 Å². The van der Waals surface area contributed by atoms with Crippen molar-refractivity contribution in [1.82, 2.24) is 10.9 Å². The van der Waals surface area contributed by atoms with Gasteiger partial charge in [0.2, 0.25) is 0 Å². The number of carbonyl (C=O) groups is 4. The fourth-order valence-electron chi connectivity index (χ4n) is 3.24. The lowest BCUT2D eigenvalue weighted by molar-refractivity contribution is -0.135. The van der Waals surface area contributed by atoms with Crippen LogP contribution in [-0.2, 0) is 9.59 Å². The standard InChI is InChI=1S/C24H30N4O6/c25-27-23(31)17-11-7-9-13-19(17)33-21(29)15-5-3-1-2-4-6-16-22(30)34-20-14-10-8-12-18(20)24(32)28-26/h7-14H,1-6,15-16,25-26H2,(H,27,31)(H,28,32). The van der Waals surface area contributed by atoms with Crippen molar-refractivity contribution in [2.24, 2.45) is 11.7 Å². The Morgan fingerprint density at radius 2 is 0.941 bits per heavy atom. The first kappa shape index (κ1) is 26.5. The van der Waals surface area contributed by atoms with Crippen molar-refractivity contribution in [2.75, 3.05) is 0 Å². The number of nitrogens with one attached hydrogen (secondary N) is 2. The molecule has 0 aromatic heterocycles. The molecular weight excluding hydrogens is 440 g/mol. The highest BCUT2D eigenvalue weighted by Gasteiger charge is 2.15. The van der Waals surface area contributed by atoms with Crippen molar-refractivity contribution >= 4 is 23.8 Å². The summed E-state index contributed by atoms with van der Waals surface area (Å²) in [6, 6.07) is 12.8. The van der Waals surface area contributed by atoms with E-state index in [1.54, 1.807) is 36.4 Å². The van der Waals surface area contributed by atoms with Crippen LogP contribution in [0.3, 0.4) is 0 Å². The second-order valence-corrected chi connectivity index (χ2v) is 7.51. The van der Waals surface area contributed by atoms with E-state index in [0.29, 0.717) is 12.8 Å². The van der Waals surface area contributed by atoms with Gasteiger partial charge in [0.25, 0.3) is 11.8 Å². The number of benzene rings is 2. The molecule has 2 rings (SSSR count). The quantitative estimate of drug-likeness (QED) is 0.0866. The molecule has 0 heterocycles. The number of amides is 2. The topological polar surface area (TPSA) is 163 Å². The number of para-hydroxylation sites is 2. The SMILES string of the molecule is NNC(=O)c1ccccc1OC(=O)CCCCCCCCC(=O)Oc1ccccc1C(=O)NN. The van der Waals surface area contributed by atoms with Gasteiger partial charge in [0.05, 0.1) is 11.1 Å². The molecule has 0 radical (unpaired) electrons. The Bertz CT molecular complexity index is 915. The molecule has 2 aromatic carbocycles. The average Bonchev–Trinajstić information content (AvgIpc) is 2.85. The van der Waals surface area contributed by atoms with E-state index in [2.05, 4.69) is 0 Å². The lowest BCUT2D eigenvalue weighted by Crippen LogP contribution is -2.30. The Labute approximate surface area is 197 Å². The Morgan fingerprint density at radius 1 is 0.588 bits per heavy atom. The van der Waals surface area contributed by atoms with Crippen molar-refractivity contribution in [3.63, 3.8) is 0 Å². The maximum Gasteiger partial charge on any atom is 0.311 e. The largest absolute Gasteiger partial charge is 0.426 e. The number of unbranched alkanes of at least 4 members (excludes halogenated alkanes) is 5. The number of hydrazine groups is 2. The van der Waals surface area contributed by atoms with Crippen LogP contribution in [0, 0.1) is 0 Å². The summed E-state index contributed by atoms with van der Waals surface area (Å²) in [7, 11) is 0. The van der Waals surface area contributed by atoms with Crippen molar-refractivity contribution in [1.29, 1.82) is 0 Å². The van der Waals surface area contributed by atoms with E-state index in [4.69, 9.17) is 21.2 Å². The van der Waals surface area contributed by atoms with Crippen LogP contribution in [0.2, 0.25) is 0 Å². The lowest BCUT2D eigenvalue weighted by atomic mass is 10.1. The number of carbonyl (C=O) groups excluding carboxylic acids is 4. The second kappa shape index (κ2) is 14.4. The van der Waals surface area contributed by atoms with Gasteiger partial charge in [-0.3, -0.25) is 30.0 Å². The van der Waals surface area contributed by atoms with E-state index in [1.807, 2.05) is 10.9 Å². The maximum atomic E-state index is 12.1. The zero-order valence-corrected chi connectivity index (χ0v) is 18.9. The van der Waals surface area contributed by atoms with Crippen LogP contribution in [-0.4, -0.2) is 23.8 Å². The molecule has 0 fully saturated rings. The molecule has 10 nitrogen and oxygen atoms in total. The first-order valence-corrected chi connectivity index (χ1v) is 11.1. The third-order valence-corrected chi connectivity index (χ3v) is 4.98. The molecular formula is C24H30N4O6. The number of rotatable bonds is 13. The van der Waals surface area contributed by atoms with E-state index < -0.39 is 23.8 Å². The van der Waals surface area contributed by atoms with Gasteiger partial charge in [-0.25, -0.2) is 11.7 Å². The van der Waals surface area contributed by atoms with Crippen molar-refractivity contribution in [2.45, 2.75) is 51.4 Å². The summed E-state index contributed by atoms with van der Waals surface area (Å²) in [5.74, 6) is 8.74. The molecule has 0 bridgehead atoms. The lowest BCUT2D eigenvalue weighted by Gasteiger charge is -2.09. The third-order valence-electron chi connectivity index (χ3n) is 4.98. The van der Waals surface area contributed by atoms with Crippen LogP contribution in [0.4, 0.5) is 0 Å². The first-order valence-electron chi connectivity index (χ1n) is 11.1. The van der Waals surface area contributed by atoms with Gasteiger partial charge >= 0.3 is 11.9 Å². The van der Waals surface area contributed by atoms with E-state index in [1.165, 1.54) is 12.1 Å². The number of hydrogen-bond donors (Lipinski definition) is 4. The van der Waals surface area contributed by atoms with Crippen molar-refractivity contribution in [3.8, 4) is 11.5 Å². The van der Waals surface area contributed by atoms with Crippen LogP contribution in [0.15, 0.2) is 48.5 Å². The number of nitrogen functional groups attached to an aromatic ring is 2. The van der Waals surface area contributed by atoms with Gasteiger partial charge in [-0.2, -0.15) is 0 Å². The number of hydrogen-bond acceptors (Lipinski definition) is 8. The highest BCUT2D eigenvalue weighted by atomic mass is 16.5. The fraction of sp³-hybridized carbons (Fsp3) is 0.333. The summed E-state index contributed by atoms with van der Waals surface area (Å²) in [5, 5.41) is 0. The highest BCUT2D eigenvalue weighted by molar-refractivity contribution is 5.97. The molecule has 182 valence electrons. The zero-order valence-electron chi connectivity index (χ0n) is 18.9. The monoisotopic (exact) mass is 470 g/mol. The molecule has 0 saturated carbocycles. The zero-order chi connectivity index (χ0) is 24.8. The summed E-state index contributed by atoms with van der Waals surface area (Å²) >= 11 is 0. The van der Waals surface area contributed by atoms with Crippen LogP contribution in [0.5, 0.6) is 11.5 Å². The van der Waals surface area contributed by atoms with Crippen LogP contribution in [0.25, 0.3) is 0 Å². The average molecular weight is 471 g/mol. The summed E-state index contributed by atoms with van der Waals surface area (Å²) in [5.41, 5.74) is 4.43. The van der Waals surface area contributed by atoms with Gasteiger partial charge in [-0.05, 0) is 37.1 Å². The Hall–Kier alpha value is -3.76. The van der Waals surface area contributed by atoms with Gasteiger partial charge < -0.3 is 9.47 Å². The third kappa shape index (κ3) is 8.64. The fourth-order valence-corrected chi connectivity index (χ4v) is 3.24. The molecule has 2 amide bonds. The van der Waals surface area contributed by atoms with Crippen LogP contribution >= 0.6 is 0 Å². The minimum atomic E-state index is -0.530. The minimum Gasteiger partial charge on any atom is -0.426 e. The highest BCUT2D eigenvalue weighted by Crippen LogP contribution is 2.20. The van der Waals surface area contributed by atoms with E-state index >= 15 is 0 Å². The number of nitrogens with two attached hydrogens (primary N) is 2. The second-order valence-electron chi connectivity index (χ2n) is 7.51. The van der Waals surface area contributed by atoms with Gasteiger partial charge in [-0.15, -0.1) is 0 Å². The number of esters is 2. The smallest absolute Gasteiger partial charge is 0.311 e. The maximum absolute atomic E-state index is 12.1. The van der Waals surface area contributed by atoms with Gasteiger partial charge in [0.1, 0.15) is 11.5 Å². The Morgan fingerprint density at radius 3 is 1.32 bits per heavy atom. The predicted octanol–water partition coefficient (Wildman–Crippen LogP) is 2.53. The molecule has 2 aromatic rings. The molecule has 0 aliphatic heterocycles. The minimum absolute atomic E-state index is 0.175. The number of ether oxygens (including phenoxy) is 2. The molecule has 0 unspecified atom stereocenters. The van der Waals surface area contributed by atoms with Gasteiger partial charge in [-0.1, -0.05) is 49.9 Å². The van der Waals surface area contributed by atoms with Crippen LogP contribution in [0.1, 0.15) is 72.1 Å². The van der Waals surface area contributed by atoms with E-state index in [9.17, 15) is 19.2 Å². The van der Waals surface area contributed by atoms with Crippen LogP contribution < -0.4 is 32.0 Å². The molecule has 0 spiro atoms. The summed E-state index contributed by atoms with van der Waals surface area (Å²) in [4.78, 5) is 47.5. The molecule has 34 heavy (non-hydrogen) atoms. The Kier molecular flexibility index (Phi) is 11.2. The normalized spacial score (nSPS) is 10.3. The summed E-state index contributed by atoms with van der Waals surface area (Å²) in [6.45, 7) is 0. The summed E-state index contributed by atoms with van der Waals surface area (Å²) < 4.78 is 10.6. The predicted molar refractivity (Wildman–Crippen MR) is 124 cm³/mol. The Balaban J connectivity index is 1.59. The molecule has 0 aliphatic carbocycles. The van der Waals surface area contributed by atoms with E-state index in [0.717, 1.165) is 25.7 Å².